The predicted molar refractivity (Wildman–Crippen MR) is 116 cm³/mol. The van der Waals surface area contributed by atoms with E-state index in [0.29, 0.717) is 23.1 Å². The molecule has 0 radical (unpaired) electrons. The molecule has 0 amide bonds. The molecule has 1 atom stereocenters. The Balaban J connectivity index is 1.70. The Hall–Kier alpha value is -2.17. The zero-order valence-corrected chi connectivity index (χ0v) is 17.9. The Morgan fingerprint density at radius 1 is 0.903 bits per heavy atom. The van der Waals surface area contributed by atoms with Gasteiger partial charge >= 0.3 is 6.18 Å². The summed E-state index contributed by atoms with van der Waals surface area (Å²) >= 11 is 0. The molecule has 0 saturated heterocycles. The van der Waals surface area contributed by atoms with E-state index in [2.05, 4.69) is 6.92 Å². The van der Waals surface area contributed by atoms with Gasteiger partial charge in [0, 0.05) is 11.6 Å². The first-order valence-corrected chi connectivity index (χ1v) is 11.1. The van der Waals surface area contributed by atoms with E-state index in [1.165, 1.54) is 49.7 Å². The van der Waals surface area contributed by atoms with Crippen molar-refractivity contribution >= 4 is 6.08 Å². The standard InChI is InChI=1S/C26H29F5/c1-2-3-4-5-6-7-18-8-9-20-15-21(11-10-19(20)14-18)22-16-24(27)23(25(28)17-22)12-13-26(29,30)31/h10-13,15-18H,2-9,14H2,1H3. The topological polar surface area (TPSA) is 0 Å². The number of unbranched alkanes of at least 4 members (excludes halogenated alkanes) is 4. The van der Waals surface area contributed by atoms with Gasteiger partial charge in [-0.15, -0.1) is 0 Å². The van der Waals surface area contributed by atoms with Crippen molar-refractivity contribution in [1.82, 2.24) is 0 Å². The first kappa shape index (κ1) is 23.5. The van der Waals surface area contributed by atoms with Crippen LogP contribution in [0.15, 0.2) is 36.4 Å². The number of halogens is 5. The Morgan fingerprint density at radius 2 is 1.61 bits per heavy atom. The fourth-order valence-electron chi connectivity index (χ4n) is 4.38. The lowest BCUT2D eigenvalue weighted by Crippen LogP contribution is -2.14. The number of allylic oxidation sites excluding steroid dienone is 1. The van der Waals surface area contributed by atoms with Crippen LogP contribution < -0.4 is 0 Å². The number of aryl methyl sites for hydroxylation is 1. The zero-order chi connectivity index (χ0) is 22.4. The van der Waals surface area contributed by atoms with Crippen molar-refractivity contribution < 1.29 is 22.0 Å². The second kappa shape index (κ2) is 10.4. The van der Waals surface area contributed by atoms with Gasteiger partial charge < -0.3 is 0 Å². The lowest BCUT2D eigenvalue weighted by Gasteiger charge is -2.25. The number of hydrogen-bond donors (Lipinski definition) is 0. The average molecular weight is 437 g/mol. The van der Waals surface area contributed by atoms with Crippen LogP contribution in [0.3, 0.4) is 0 Å². The summed E-state index contributed by atoms with van der Waals surface area (Å²) < 4.78 is 65.6. The van der Waals surface area contributed by atoms with E-state index in [1.807, 2.05) is 18.2 Å². The Kier molecular flexibility index (Phi) is 7.90. The largest absolute Gasteiger partial charge is 0.409 e. The third-order valence-corrected chi connectivity index (χ3v) is 6.10. The first-order valence-electron chi connectivity index (χ1n) is 11.1. The molecular weight excluding hydrogens is 407 g/mol. The highest BCUT2D eigenvalue weighted by molar-refractivity contribution is 5.68. The minimum absolute atomic E-state index is 0.159. The van der Waals surface area contributed by atoms with Crippen LogP contribution >= 0.6 is 0 Å². The second-order valence-electron chi connectivity index (χ2n) is 8.52. The highest BCUT2D eigenvalue weighted by Gasteiger charge is 2.23. The highest BCUT2D eigenvalue weighted by atomic mass is 19.4. The molecule has 3 rings (SSSR count). The van der Waals surface area contributed by atoms with Crippen molar-refractivity contribution in [3.8, 4) is 11.1 Å². The summed E-state index contributed by atoms with van der Waals surface area (Å²) in [5, 5.41) is 0. The highest BCUT2D eigenvalue weighted by Crippen LogP contribution is 2.33. The molecule has 1 aliphatic rings. The number of hydrogen-bond acceptors (Lipinski definition) is 0. The first-order chi connectivity index (χ1) is 14.8. The van der Waals surface area contributed by atoms with Gasteiger partial charge in [0.05, 0.1) is 0 Å². The van der Waals surface area contributed by atoms with Crippen LogP contribution in [0.2, 0.25) is 0 Å². The van der Waals surface area contributed by atoms with Crippen molar-refractivity contribution in [2.45, 2.75) is 70.9 Å². The normalized spacial score (nSPS) is 16.6. The van der Waals surface area contributed by atoms with Crippen LogP contribution in [0.1, 0.15) is 68.6 Å². The van der Waals surface area contributed by atoms with E-state index >= 15 is 0 Å². The van der Waals surface area contributed by atoms with Crippen LogP contribution in [0, 0.1) is 17.6 Å². The van der Waals surface area contributed by atoms with Gasteiger partial charge in [-0.05, 0) is 65.6 Å². The third kappa shape index (κ3) is 6.65. The minimum Gasteiger partial charge on any atom is -0.206 e. The summed E-state index contributed by atoms with van der Waals surface area (Å²) in [6, 6.07) is 8.04. The molecule has 0 nitrogen and oxygen atoms in total. The van der Waals surface area contributed by atoms with Crippen LogP contribution in [-0.4, -0.2) is 6.18 Å². The van der Waals surface area contributed by atoms with Gasteiger partial charge in [-0.25, -0.2) is 8.78 Å². The molecule has 2 aromatic rings. The predicted octanol–water partition coefficient (Wildman–Crippen LogP) is 8.67. The van der Waals surface area contributed by atoms with Gasteiger partial charge in [-0.2, -0.15) is 13.2 Å². The van der Waals surface area contributed by atoms with Crippen molar-refractivity contribution in [2.24, 2.45) is 5.92 Å². The van der Waals surface area contributed by atoms with Crippen molar-refractivity contribution in [3.63, 3.8) is 0 Å². The molecule has 0 heterocycles. The van der Waals surface area contributed by atoms with E-state index in [0.717, 1.165) is 31.4 Å². The molecule has 5 heteroatoms. The third-order valence-electron chi connectivity index (χ3n) is 6.10. The SMILES string of the molecule is CCCCCCCC1CCc2cc(-c3cc(F)c(C=CC(F)(F)F)c(F)c3)ccc2C1. The van der Waals surface area contributed by atoms with Crippen molar-refractivity contribution in [1.29, 1.82) is 0 Å². The van der Waals surface area contributed by atoms with Crippen molar-refractivity contribution in [2.75, 3.05) is 0 Å². The molecule has 0 fully saturated rings. The van der Waals surface area contributed by atoms with Crippen molar-refractivity contribution in [3.05, 3.63) is 64.7 Å². The lowest BCUT2D eigenvalue weighted by molar-refractivity contribution is -0.0790. The van der Waals surface area contributed by atoms with Crippen LogP contribution in [-0.2, 0) is 12.8 Å². The molecule has 0 N–H and O–H groups in total. The number of benzene rings is 2. The molecule has 0 aromatic heterocycles. The van der Waals surface area contributed by atoms with Gasteiger partial charge in [0.25, 0.3) is 0 Å². The summed E-state index contributed by atoms with van der Waals surface area (Å²) in [4.78, 5) is 0. The van der Waals surface area contributed by atoms with Gasteiger partial charge in [0.2, 0.25) is 0 Å². The van der Waals surface area contributed by atoms with Gasteiger partial charge in [0.15, 0.2) is 0 Å². The molecule has 0 aliphatic heterocycles. The van der Waals surface area contributed by atoms with Gasteiger partial charge in [0.1, 0.15) is 11.6 Å². The van der Waals surface area contributed by atoms with Crippen LogP contribution in [0.4, 0.5) is 22.0 Å². The smallest absolute Gasteiger partial charge is 0.206 e. The van der Waals surface area contributed by atoms with Crippen LogP contribution in [0.25, 0.3) is 17.2 Å². The number of rotatable bonds is 8. The molecule has 0 saturated carbocycles. The Labute approximate surface area is 181 Å². The molecule has 0 spiro atoms. The molecular formula is C26H29F5. The summed E-state index contributed by atoms with van der Waals surface area (Å²) in [6.07, 6.45) is 6.42. The molecule has 0 bridgehead atoms. The van der Waals surface area contributed by atoms with E-state index < -0.39 is 23.4 Å². The minimum atomic E-state index is -4.62. The second-order valence-corrected chi connectivity index (χ2v) is 8.52. The van der Waals surface area contributed by atoms with Crippen LogP contribution in [0.5, 0.6) is 0 Å². The lowest BCUT2D eigenvalue weighted by atomic mass is 9.80. The van der Waals surface area contributed by atoms with Gasteiger partial charge in [-0.3, -0.25) is 0 Å². The molecule has 1 unspecified atom stereocenters. The van der Waals surface area contributed by atoms with E-state index in [-0.39, 0.29) is 6.08 Å². The number of alkyl halides is 3. The summed E-state index contributed by atoms with van der Waals surface area (Å²) in [6.45, 7) is 2.22. The zero-order valence-electron chi connectivity index (χ0n) is 17.9. The Morgan fingerprint density at radius 3 is 2.29 bits per heavy atom. The fraction of sp³-hybridized carbons (Fsp3) is 0.462. The monoisotopic (exact) mass is 436 g/mol. The molecule has 2 aromatic carbocycles. The quantitative estimate of drug-likeness (QED) is 0.287. The summed E-state index contributed by atoms with van der Waals surface area (Å²) in [7, 11) is 0. The van der Waals surface area contributed by atoms with E-state index in [1.54, 1.807) is 0 Å². The molecule has 168 valence electrons. The molecule has 1 aliphatic carbocycles. The van der Waals surface area contributed by atoms with Gasteiger partial charge in [-0.1, -0.05) is 63.6 Å². The fourth-order valence-corrected chi connectivity index (χ4v) is 4.38. The molecule has 31 heavy (non-hydrogen) atoms. The maximum atomic E-state index is 14.3. The summed E-state index contributed by atoms with van der Waals surface area (Å²) in [5.41, 5.74) is 2.82. The summed E-state index contributed by atoms with van der Waals surface area (Å²) in [5.74, 6) is -1.32. The van der Waals surface area contributed by atoms with E-state index in [9.17, 15) is 22.0 Å². The maximum absolute atomic E-state index is 14.3. The maximum Gasteiger partial charge on any atom is 0.409 e. The average Bonchev–Trinajstić information content (AvgIpc) is 2.71. The van der Waals surface area contributed by atoms with E-state index in [4.69, 9.17) is 0 Å². The number of fused-ring (bicyclic) bond motifs is 1. The Bertz CT molecular complexity index is 887.